The fourth-order valence-electron chi connectivity index (χ4n) is 3.75. The van der Waals surface area contributed by atoms with Gasteiger partial charge in [0.15, 0.2) is 0 Å². The number of rotatable bonds is 6. The summed E-state index contributed by atoms with van der Waals surface area (Å²) in [5, 5.41) is 2.81. The maximum Gasteiger partial charge on any atom is 0.416 e. The number of likely N-dealkylation sites (tertiary alicyclic amines) is 2. The van der Waals surface area contributed by atoms with Crippen LogP contribution >= 0.6 is 0 Å². The summed E-state index contributed by atoms with van der Waals surface area (Å²) in [6, 6.07) is 4.88. The van der Waals surface area contributed by atoms with Crippen molar-refractivity contribution in [2.75, 3.05) is 26.2 Å². The van der Waals surface area contributed by atoms with Crippen molar-refractivity contribution in [2.24, 2.45) is 5.92 Å². The number of piperidine rings is 1. The first-order chi connectivity index (χ1) is 13.7. The van der Waals surface area contributed by atoms with Gasteiger partial charge in [-0.05, 0) is 30.5 Å². The second kappa shape index (κ2) is 8.84. The van der Waals surface area contributed by atoms with Crippen LogP contribution in [0.2, 0.25) is 0 Å². The molecule has 9 heteroatoms. The SMILES string of the molecule is O=C(NCCN1CCCC1=O)[C@@H]1CCC(=O)N(Cc2cccc(C(F)(F)F)c2)C1. The van der Waals surface area contributed by atoms with E-state index < -0.39 is 17.7 Å². The van der Waals surface area contributed by atoms with Crippen molar-refractivity contribution in [3.05, 3.63) is 35.4 Å². The molecule has 3 rings (SSSR count). The van der Waals surface area contributed by atoms with Gasteiger partial charge in [0.1, 0.15) is 0 Å². The van der Waals surface area contributed by atoms with Gasteiger partial charge in [0.05, 0.1) is 11.5 Å². The number of amides is 3. The lowest BCUT2D eigenvalue weighted by Gasteiger charge is -2.32. The molecule has 29 heavy (non-hydrogen) atoms. The van der Waals surface area contributed by atoms with Crippen LogP contribution in [0.15, 0.2) is 24.3 Å². The molecule has 1 atom stereocenters. The summed E-state index contributed by atoms with van der Waals surface area (Å²) in [6.45, 7) is 1.72. The first-order valence-electron chi connectivity index (χ1n) is 9.73. The van der Waals surface area contributed by atoms with Gasteiger partial charge >= 0.3 is 6.18 Å². The van der Waals surface area contributed by atoms with Gasteiger partial charge in [0.25, 0.3) is 0 Å². The minimum Gasteiger partial charge on any atom is -0.354 e. The van der Waals surface area contributed by atoms with Gasteiger partial charge in [0.2, 0.25) is 17.7 Å². The van der Waals surface area contributed by atoms with E-state index in [1.807, 2.05) is 0 Å². The molecule has 0 unspecified atom stereocenters. The summed E-state index contributed by atoms with van der Waals surface area (Å²) in [5.74, 6) is -0.685. The van der Waals surface area contributed by atoms with Gasteiger partial charge in [0, 0.05) is 45.6 Å². The Morgan fingerprint density at radius 2 is 1.90 bits per heavy atom. The van der Waals surface area contributed by atoms with Crippen molar-refractivity contribution in [1.29, 1.82) is 0 Å². The van der Waals surface area contributed by atoms with Crippen molar-refractivity contribution in [3.8, 4) is 0 Å². The van der Waals surface area contributed by atoms with Crippen LogP contribution in [0, 0.1) is 5.92 Å². The van der Waals surface area contributed by atoms with Crippen LogP contribution in [-0.2, 0) is 27.1 Å². The number of halogens is 3. The summed E-state index contributed by atoms with van der Waals surface area (Å²) in [4.78, 5) is 39.4. The van der Waals surface area contributed by atoms with Gasteiger partial charge in [-0.25, -0.2) is 0 Å². The lowest BCUT2D eigenvalue weighted by molar-refractivity contribution is -0.139. The van der Waals surface area contributed by atoms with E-state index in [9.17, 15) is 27.6 Å². The van der Waals surface area contributed by atoms with Gasteiger partial charge in [-0.15, -0.1) is 0 Å². The molecule has 2 fully saturated rings. The van der Waals surface area contributed by atoms with Crippen molar-refractivity contribution in [3.63, 3.8) is 0 Å². The Morgan fingerprint density at radius 3 is 2.59 bits per heavy atom. The topological polar surface area (TPSA) is 69.7 Å². The molecule has 158 valence electrons. The van der Waals surface area contributed by atoms with Crippen molar-refractivity contribution >= 4 is 17.7 Å². The number of nitrogens with one attached hydrogen (secondary N) is 1. The van der Waals surface area contributed by atoms with Gasteiger partial charge in [-0.3, -0.25) is 14.4 Å². The predicted molar refractivity (Wildman–Crippen MR) is 98.4 cm³/mol. The predicted octanol–water partition coefficient (Wildman–Crippen LogP) is 2.18. The summed E-state index contributed by atoms with van der Waals surface area (Å²) < 4.78 is 38.7. The third-order valence-corrected chi connectivity index (χ3v) is 5.35. The Bertz CT molecular complexity index is 782. The maximum atomic E-state index is 12.9. The number of carbonyl (C=O) groups excluding carboxylic acids is 3. The quantitative estimate of drug-likeness (QED) is 0.780. The van der Waals surface area contributed by atoms with E-state index in [1.165, 1.54) is 11.0 Å². The highest BCUT2D eigenvalue weighted by Crippen LogP contribution is 2.30. The molecule has 0 bridgehead atoms. The van der Waals surface area contributed by atoms with Gasteiger partial charge in [-0.1, -0.05) is 12.1 Å². The Hall–Kier alpha value is -2.58. The fourth-order valence-corrected chi connectivity index (χ4v) is 3.75. The third kappa shape index (κ3) is 5.48. The standard InChI is InChI=1S/C20H24F3N3O3/c21-20(22,23)16-4-1-3-14(11-16)12-26-13-15(6-7-18(26)28)19(29)24-8-10-25-9-2-5-17(25)27/h1,3-4,11,15H,2,5-10,12-13H2,(H,24,29)/t15-/m1/s1. The minimum atomic E-state index is -4.44. The molecule has 6 nitrogen and oxygen atoms in total. The molecule has 0 aliphatic carbocycles. The Morgan fingerprint density at radius 1 is 1.14 bits per heavy atom. The smallest absolute Gasteiger partial charge is 0.354 e. The van der Waals surface area contributed by atoms with Gasteiger partial charge in [-0.2, -0.15) is 13.2 Å². The third-order valence-electron chi connectivity index (χ3n) is 5.35. The molecule has 0 aromatic heterocycles. The first kappa shape index (κ1) is 21.1. The highest BCUT2D eigenvalue weighted by Gasteiger charge is 2.32. The Labute approximate surface area is 167 Å². The van der Waals surface area contributed by atoms with Crippen LogP contribution < -0.4 is 5.32 Å². The van der Waals surface area contributed by atoms with Crippen molar-refractivity contribution in [1.82, 2.24) is 15.1 Å². The van der Waals surface area contributed by atoms with Crippen LogP contribution in [-0.4, -0.2) is 53.7 Å². The van der Waals surface area contributed by atoms with E-state index in [2.05, 4.69) is 5.32 Å². The number of alkyl halides is 3. The second-order valence-electron chi connectivity index (χ2n) is 7.48. The van der Waals surface area contributed by atoms with E-state index >= 15 is 0 Å². The molecular weight excluding hydrogens is 387 g/mol. The zero-order valence-corrected chi connectivity index (χ0v) is 16.0. The van der Waals surface area contributed by atoms with Crippen LogP contribution in [0.4, 0.5) is 13.2 Å². The van der Waals surface area contributed by atoms with Crippen LogP contribution in [0.5, 0.6) is 0 Å². The second-order valence-corrected chi connectivity index (χ2v) is 7.48. The lowest BCUT2D eigenvalue weighted by atomic mass is 9.96. The summed E-state index contributed by atoms with van der Waals surface area (Å²) in [5.41, 5.74) is -0.382. The molecule has 0 radical (unpaired) electrons. The molecule has 2 heterocycles. The monoisotopic (exact) mass is 411 g/mol. The van der Waals surface area contributed by atoms with Crippen LogP contribution in [0.1, 0.15) is 36.8 Å². The summed E-state index contributed by atoms with van der Waals surface area (Å²) in [7, 11) is 0. The molecule has 3 amide bonds. The normalized spacial score (nSPS) is 20.3. The van der Waals surface area contributed by atoms with Crippen molar-refractivity contribution in [2.45, 2.75) is 38.4 Å². The van der Waals surface area contributed by atoms with E-state index in [1.54, 1.807) is 11.0 Å². The van der Waals surface area contributed by atoms with Crippen molar-refractivity contribution < 1.29 is 27.6 Å². The lowest BCUT2D eigenvalue weighted by Crippen LogP contribution is -2.46. The largest absolute Gasteiger partial charge is 0.416 e. The number of carbonyl (C=O) groups is 3. The average molecular weight is 411 g/mol. The number of nitrogens with zero attached hydrogens (tertiary/aromatic N) is 2. The molecule has 1 aromatic rings. The molecule has 0 spiro atoms. The first-order valence-corrected chi connectivity index (χ1v) is 9.73. The molecular formula is C20H24F3N3O3. The number of hydrogen-bond acceptors (Lipinski definition) is 3. The van der Waals surface area contributed by atoms with E-state index in [0.717, 1.165) is 18.6 Å². The fraction of sp³-hybridized carbons (Fsp3) is 0.550. The molecule has 2 saturated heterocycles. The molecule has 1 aromatic carbocycles. The van der Waals surface area contributed by atoms with E-state index in [-0.39, 0.29) is 37.2 Å². The molecule has 1 N–H and O–H groups in total. The molecule has 2 aliphatic heterocycles. The highest BCUT2D eigenvalue weighted by molar-refractivity contribution is 5.84. The molecule has 0 saturated carbocycles. The van der Waals surface area contributed by atoms with Crippen LogP contribution in [0.25, 0.3) is 0 Å². The number of hydrogen-bond donors (Lipinski definition) is 1. The number of benzene rings is 1. The Balaban J connectivity index is 1.54. The highest BCUT2D eigenvalue weighted by atomic mass is 19.4. The summed E-state index contributed by atoms with van der Waals surface area (Å²) in [6.07, 6.45) is -2.47. The van der Waals surface area contributed by atoms with Gasteiger partial charge < -0.3 is 15.1 Å². The summed E-state index contributed by atoms with van der Waals surface area (Å²) >= 11 is 0. The zero-order valence-electron chi connectivity index (χ0n) is 16.0. The molecule has 2 aliphatic rings. The van der Waals surface area contributed by atoms with E-state index in [4.69, 9.17) is 0 Å². The van der Waals surface area contributed by atoms with E-state index in [0.29, 0.717) is 38.0 Å². The van der Waals surface area contributed by atoms with Crippen LogP contribution in [0.3, 0.4) is 0 Å². The minimum absolute atomic E-state index is 0.0365. The maximum absolute atomic E-state index is 12.9. The average Bonchev–Trinajstić information content (AvgIpc) is 3.08. The Kier molecular flexibility index (Phi) is 6.44. The zero-order chi connectivity index (χ0) is 21.0.